The van der Waals surface area contributed by atoms with Gasteiger partial charge in [-0.15, -0.1) is 0 Å². The standard InChI is InChI=1S/C8H15BrO2/c1-3-5-7(9)8(10)11-6-4-2/h7H,3-6H2,1-2H3. The highest BCUT2D eigenvalue weighted by atomic mass is 79.9. The van der Waals surface area contributed by atoms with Gasteiger partial charge in [-0.05, 0) is 12.8 Å². The number of carbonyl (C=O) groups is 1. The van der Waals surface area contributed by atoms with Gasteiger partial charge in [0.1, 0.15) is 4.83 Å². The van der Waals surface area contributed by atoms with Crippen molar-refractivity contribution in [3.8, 4) is 0 Å². The summed E-state index contributed by atoms with van der Waals surface area (Å²) in [5.74, 6) is -0.131. The van der Waals surface area contributed by atoms with Crippen LogP contribution >= 0.6 is 15.9 Å². The van der Waals surface area contributed by atoms with E-state index in [0.29, 0.717) is 6.61 Å². The third-order valence-electron chi connectivity index (χ3n) is 1.25. The molecular weight excluding hydrogens is 208 g/mol. The van der Waals surface area contributed by atoms with Crippen LogP contribution in [0.5, 0.6) is 0 Å². The molecule has 11 heavy (non-hydrogen) atoms. The third kappa shape index (κ3) is 5.24. The highest BCUT2D eigenvalue weighted by Gasteiger charge is 2.13. The molecule has 0 spiro atoms. The topological polar surface area (TPSA) is 26.3 Å². The molecule has 0 N–H and O–H groups in total. The van der Waals surface area contributed by atoms with E-state index in [1.165, 1.54) is 0 Å². The molecule has 0 heterocycles. The summed E-state index contributed by atoms with van der Waals surface area (Å²) >= 11 is 3.26. The fraction of sp³-hybridized carbons (Fsp3) is 0.875. The minimum atomic E-state index is -0.131. The van der Waals surface area contributed by atoms with Gasteiger partial charge in [-0.25, -0.2) is 0 Å². The van der Waals surface area contributed by atoms with Gasteiger partial charge in [-0.1, -0.05) is 36.2 Å². The molecule has 0 radical (unpaired) electrons. The van der Waals surface area contributed by atoms with Gasteiger partial charge in [-0.3, -0.25) is 4.79 Å². The van der Waals surface area contributed by atoms with E-state index in [4.69, 9.17) is 4.74 Å². The monoisotopic (exact) mass is 222 g/mol. The van der Waals surface area contributed by atoms with E-state index in [2.05, 4.69) is 15.9 Å². The second kappa shape index (κ2) is 6.65. The van der Waals surface area contributed by atoms with Crippen molar-refractivity contribution in [1.29, 1.82) is 0 Å². The van der Waals surface area contributed by atoms with Gasteiger partial charge >= 0.3 is 5.97 Å². The van der Waals surface area contributed by atoms with E-state index in [1.807, 2.05) is 13.8 Å². The molecule has 2 nitrogen and oxygen atoms in total. The Kier molecular flexibility index (Phi) is 6.62. The van der Waals surface area contributed by atoms with Gasteiger partial charge in [0.05, 0.1) is 6.61 Å². The second-order valence-electron chi connectivity index (χ2n) is 2.42. The Morgan fingerprint density at radius 2 is 2.09 bits per heavy atom. The zero-order valence-electron chi connectivity index (χ0n) is 7.10. The minimum absolute atomic E-state index is 0.112. The van der Waals surface area contributed by atoms with Crippen LogP contribution in [0.3, 0.4) is 0 Å². The number of carbonyl (C=O) groups excluding carboxylic acids is 1. The maximum Gasteiger partial charge on any atom is 0.319 e. The lowest BCUT2D eigenvalue weighted by molar-refractivity contribution is -0.142. The van der Waals surface area contributed by atoms with Gasteiger partial charge in [-0.2, -0.15) is 0 Å². The number of alkyl halides is 1. The quantitative estimate of drug-likeness (QED) is 0.528. The number of halogens is 1. The van der Waals surface area contributed by atoms with E-state index in [-0.39, 0.29) is 10.8 Å². The lowest BCUT2D eigenvalue weighted by atomic mass is 10.2. The van der Waals surface area contributed by atoms with E-state index in [0.717, 1.165) is 19.3 Å². The number of hydrogen-bond donors (Lipinski definition) is 0. The van der Waals surface area contributed by atoms with Crippen molar-refractivity contribution in [2.75, 3.05) is 6.61 Å². The third-order valence-corrected chi connectivity index (χ3v) is 2.08. The zero-order chi connectivity index (χ0) is 8.69. The van der Waals surface area contributed by atoms with Crippen LogP contribution in [0.1, 0.15) is 33.1 Å². The molecule has 0 rings (SSSR count). The molecule has 3 heteroatoms. The average Bonchev–Trinajstić information content (AvgIpc) is 2.00. The van der Waals surface area contributed by atoms with Crippen molar-refractivity contribution in [1.82, 2.24) is 0 Å². The van der Waals surface area contributed by atoms with Gasteiger partial charge in [0.15, 0.2) is 0 Å². The number of rotatable bonds is 5. The van der Waals surface area contributed by atoms with Crippen molar-refractivity contribution < 1.29 is 9.53 Å². The summed E-state index contributed by atoms with van der Waals surface area (Å²) in [5.41, 5.74) is 0. The minimum Gasteiger partial charge on any atom is -0.465 e. The first kappa shape index (κ1) is 11.0. The number of hydrogen-bond acceptors (Lipinski definition) is 2. The van der Waals surface area contributed by atoms with Gasteiger partial charge in [0.2, 0.25) is 0 Å². The SMILES string of the molecule is CCCOC(=O)C(Br)CCC. The molecular formula is C8H15BrO2. The van der Waals surface area contributed by atoms with Gasteiger partial charge in [0.25, 0.3) is 0 Å². The van der Waals surface area contributed by atoms with E-state index < -0.39 is 0 Å². The summed E-state index contributed by atoms with van der Waals surface area (Å²) in [6.07, 6.45) is 2.73. The molecule has 0 aromatic heterocycles. The fourth-order valence-electron chi connectivity index (χ4n) is 0.664. The first-order chi connectivity index (χ1) is 5.22. The fourth-order valence-corrected chi connectivity index (χ4v) is 1.25. The Bertz CT molecular complexity index is 115. The van der Waals surface area contributed by atoms with Crippen LogP contribution in [-0.2, 0) is 9.53 Å². The Morgan fingerprint density at radius 3 is 2.55 bits per heavy atom. The molecule has 0 fully saturated rings. The summed E-state index contributed by atoms with van der Waals surface area (Å²) < 4.78 is 4.92. The van der Waals surface area contributed by atoms with Crippen molar-refractivity contribution >= 4 is 21.9 Å². The van der Waals surface area contributed by atoms with Crippen LogP contribution in [0, 0.1) is 0 Å². The molecule has 1 atom stereocenters. The lowest BCUT2D eigenvalue weighted by Crippen LogP contribution is -2.17. The molecule has 0 aliphatic carbocycles. The maximum atomic E-state index is 11.0. The predicted octanol–water partition coefficient (Wildman–Crippen LogP) is 2.50. The number of esters is 1. The van der Waals surface area contributed by atoms with Crippen molar-refractivity contribution in [3.05, 3.63) is 0 Å². The van der Waals surface area contributed by atoms with Crippen LogP contribution in [-0.4, -0.2) is 17.4 Å². The highest BCUT2D eigenvalue weighted by Crippen LogP contribution is 2.09. The van der Waals surface area contributed by atoms with E-state index >= 15 is 0 Å². The highest BCUT2D eigenvalue weighted by molar-refractivity contribution is 9.10. The van der Waals surface area contributed by atoms with Crippen LogP contribution in [0.4, 0.5) is 0 Å². The van der Waals surface area contributed by atoms with E-state index in [9.17, 15) is 4.79 Å². The second-order valence-corrected chi connectivity index (χ2v) is 3.53. The first-order valence-corrected chi connectivity index (χ1v) is 4.94. The Morgan fingerprint density at radius 1 is 1.45 bits per heavy atom. The molecule has 0 bridgehead atoms. The van der Waals surface area contributed by atoms with Crippen molar-refractivity contribution in [2.45, 2.75) is 37.9 Å². The molecule has 0 aromatic carbocycles. The Hall–Kier alpha value is -0.0500. The summed E-state index contributed by atoms with van der Waals surface area (Å²) in [5, 5.41) is 0. The van der Waals surface area contributed by atoms with Crippen LogP contribution in [0.25, 0.3) is 0 Å². The molecule has 0 aromatic rings. The smallest absolute Gasteiger partial charge is 0.319 e. The predicted molar refractivity (Wildman–Crippen MR) is 48.9 cm³/mol. The van der Waals surface area contributed by atoms with Crippen LogP contribution < -0.4 is 0 Å². The molecule has 66 valence electrons. The van der Waals surface area contributed by atoms with Crippen molar-refractivity contribution in [2.24, 2.45) is 0 Å². The van der Waals surface area contributed by atoms with Crippen molar-refractivity contribution in [3.63, 3.8) is 0 Å². The van der Waals surface area contributed by atoms with E-state index in [1.54, 1.807) is 0 Å². The lowest BCUT2D eigenvalue weighted by Gasteiger charge is -2.07. The molecule has 0 saturated heterocycles. The molecule has 0 aliphatic heterocycles. The largest absolute Gasteiger partial charge is 0.465 e. The maximum absolute atomic E-state index is 11.0. The summed E-state index contributed by atoms with van der Waals surface area (Å²) in [6, 6.07) is 0. The summed E-state index contributed by atoms with van der Waals surface area (Å²) in [4.78, 5) is 10.9. The van der Waals surface area contributed by atoms with Gasteiger partial charge in [0, 0.05) is 0 Å². The number of ether oxygens (including phenoxy) is 1. The molecule has 0 aliphatic rings. The molecule has 0 amide bonds. The summed E-state index contributed by atoms with van der Waals surface area (Å²) in [7, 11) is 0. The Balaban J connectivity index is 3.47. The summed E-state index contributed by atoms with van der Waals surface area (Å²) in [6.45, 7) is 4.56. The molecule has 0 saturated carbocycles. The average molecular weight is 223 g/mol. The van der Waals surface area contributed by atoms with Gasteiger partial charge < -0.3 is 4.74 Å². The van der Waals surface area contributed by atoms with Crippen LogP contribution in [0.15, 0.2) is 0 Å². The Labute approximate surface area is 76.4 Å². The zero-order valence-corrected chi connectivity index (χ0v) is 8.69. The normalized spacial score (nSPS) is 12.6. The molecule has 1 unspecified atom stereocenters. The van der Waals surface area contributed by atoms with Crippen LogP contribution in [0.2, 0.25) is 0 Å². The first-order valence-electron chi connectivity index (χ1n) is 4.03.